The van der Waals surface area contributed by atoms with Crippen LogP contribution in [-0.2, 0) is 9.59 Å². The Kier molecular flexibility index (Phi) is 3.52. The molecule has 1 aromatic carbocycles. The lowest BCUT2D eigenvalue weighted by molar-refractivity contribution is -0.151. The van der Waals surface area contributed by atoms with Gasteiger partial charge in [-0.3, -0.25) is 19.5 Å². The molecule has 0 bridgehead atoms. The largest absolute Gasteiger partial charge is 0.497 e. The van der Waals surface area contributed by atoms with Crippen LogP contribution in [0.3, 0.4) is 0 Å². The third kappa shape index (κ3) is 2.31. The molecule has 0 radical (unpaired) electrons. The number of piperidine rings is 1. The molecular formula is C18H17N3O6. The molecule has 0 spiro atoms. The molecule has 1 aliphatic heterocycles. The van der Waals surface area contributed by atoms with Crippen LogP contribution < -0.4 is 4.74 Å². The molecule has 1 aromatic heterocycles. The smallest absolute Gasteiger partial charge is 0.312 e. The van der Waals surface area contributed by atoms with Crippen molar-refractivity contribution < 1.29 is 29.3 Å². The summed E-state index contributed by atoms with van der Waals surface area (Å²) in [6, 6.07) is 8.73. The third-order valence-electron chi connectivity index (χ3n) is 5.60. The minimum Gasteiger partial charge on any atom is -0.497 e. The maximum Gasteiger partial charge on any atom is 0.312 e. The van der Waals surface area contributed by atoms with Gasteiger partial charge in [0.2, 0.25) is 0 Å². The van der Waals surface area contributed by atoms with Crippen LogP contribution in [0.4, 0.5) is 0 Å². The molecule has 3 N–H and O–H groups in total. The predicted octanol–water partition coefficient (Wildman–Crippen LogP) is 1.09. The van der Waals surface area contributed by atoms with E-state index in [2.05, 4.69) is 10.2 Å². The second kappa shape index (κ2) is 5.57. The number of aromatic nitrogens is 2. The molecule has 9 nitrogen and oxygen atoms in total. The summed E-state index contributed by atoms with van der Waals surface area (Å²) in [5, 5.41) is 25.7. The summed E-state index contributed by atoms with van der Waals surface area (Å²) in [7, 11) is 1.55. The molecule has 1 aliphatic carbocycles. The summed E-state index contributed by atoms with van der Waals surface area (Å²) in [5.41, 5.74) is -1.34. The van der Waals surface area contributed by atoms with Gasteiger partial charge >= 0.3 is 11.9 Å². The number of fused-ring (bicyclic) bond motifs is 1. The Morgan fingerprint density at radius 1 is 1.15 bits per heavy atom. The topological polar surface area (TPSA) is 133 Å². The number of carbonyl (C=O) groups excluding carboxylic acids is 1. The zero-order valence-corrected chi connectivity index (χ0v) is 14.4. The van der Waals surface area contributed by atoms with E-state index in [1.807, 2.05) is 6.07 Å². The lowest BCUT2D eigenvalue weighted by Crippen LogP contribution is -2.34. The van der Waals surface area contributed by atoms with Crippen LogP contribution in [0.5, 0.6) is 5.75 Å². The number of nitrogens with one attached hydrogen (secondary N) is 1. The van der Waals surface area contributed by atoms with Gasteiger partial charge in [-0.2, -0.15) is 5.10 Å². The van der Waals surface area contributed by atoms with Crippen molar-refractivity contribution in [2.45, 2.75) is 6.42 Å². The van der Waals surface area contributed by atoms with Crippen molar-refractivity contribution in [2.24, 2.45) is 10.8 Å². The number of likely N-dealkylation sites (tertiary alicyclic amines) is 1. The van der Waals surface area contributed by atoms with Crippen LogP contribution in [0, 0.1) is 10.8 Å². The minimum absolute atomic E-state index is 0.0481. The number of H-pyrrole nitrogens is 1. The fourth-order valence-electron chi connectivity index (χ4n) is 3.96. The Hall–Kier alpha value is -3.36. The van der Waals surface area contributed by atoms with E-state index in [4.69, 9.17) is 4.74 Å². The number of aliphatic carboxylic acids is 2. The number of aromatic amines is 1. The predicted molar refractivity (Wildman–Crippen MR) is 91.2 cm³/mol. The summed E-state index contributed by atoms with van der Waals surface area (Å²) < 4.78 is 5.17. The number of amides is 1. The lowest BCUT2D eigenvalue weighted by Gasteiger charge is -2.18. The Morgan fingerprint density at radius 3 is 2.41 bits per heavy atom. The van der Waals surface area contributed by atoms with Crippen LogP contribution >= 0.6 is 0 Å². The third-order valence-corrected chi connectivity index (χ3v) is 5.60. The van der Waals surface area contributed by atoms with Crippen molar-refractivity contribution >= 4 is 17.8 Å². The van der Waals surface area contributed by atoms with Gasteiger partial charge in [0.15, 0.2) is 0 Å². The maximum atomic E-state index is 12.8. The molecule has 2 fully saturated rings. The van der Waals surface area contributed by atoms with Crippen LogP contribution in [0.25, 0.3) is 11.3 Å². The highest BCUT2D eigenvalue weighted by atomic mass is 16.5. The minimum atomic E-state index is -1.40. The first-order chi connectivity index (χ1) is 12.8. The van der Waals surface area contributed by atoms with Crippen molar-refractivity contribution in [3.8, 4) is 17.0 Å². The Labute approximate surface area is 153 Å². The second-order valence-corrected chi connectivity index (χ2v) is 7.01. The summed E-state index contributed by atoms with van der Waals surface area (Å²) in [6.07, 6.45) is 0.0481. The zero-order chi connectivity index (χ0) is 19.4. The Morgan fingerprint density at radius 2 is 1.81 bits per heavy atom. The average molecular weight is 371 g/mol. The molecule has 2 atom stereocenters. The first-order valence-corrected chi connectivity index (χ1v) is 8.29. The van der Waals surface area contributed by atoms with Crippen LogP contribution in [0.1, 0.15) is 16.9 Å². The zero-order valence-electron chi connectivity index (χ0n) is 14.4. The van der Waals surface area contributed by atoms with E-state index in [1.54, 1.807) is 31.4 Å². The van der Waals surface area contributed by atoms with Gasteiger partial charge in [0, 0.05) is 18.7 Å². The van der Waals surface area contributed by atoms with Crippen molar-refractivity contribution in [3.05, 3.63) is 36.0 Å². The summed E-state index contributed by atoms with van der Waals surface area (Å²) >= 11 is 0. The summed E-state index contributed by atoms with van der Waals surface area (Å²) in [6.45, 7) is -0.248. The highest BCUT2D eigenvalue weighted by Gasteiger charge is 2.81. The fraction of sp³-hybridized carbons (Fsp3) is 0.333. The first-order valence-electron chi connectivity index (χ1n) is 8.29. The standard InChI is InChI=1S/C18H17N3O6/c1-27-11-4-2-3-10(5-11)12-6-13(20-19-12)14(22)21-8-17(15(23)24)7-18(17,9-21)16(25)26/h2-6H,7-9H2,1H3,(H,19,20)(H,23,24)(H,25,26)/t17-,18+. The Balaban J connectivity index is 1.57. The number of methoxy groups -OCH3 is 1. The van der Waals surface area contributed by atoms with Crippen molar-refractivity contribution in [3.63, 3.8) is 0 Å². The van der Waals surface area contributed by atoms with Gasteiger partial charge in [-0.05, 0) is 24.6 Å². The highest BCUT2D eigenvalue weighted by molar-refractivity contribution is 5.99. The number of hydrogen-bond acceptors (Lipinski definition) is 5. The first kappa shape index (κ1) is 17.1. The van der Waals surface area contributed by atoms with Gasteiger partial charge in [-0.25, -0.2) is 0 Å². The number of hydrogen-bond donors (Lipinski definition) is 3. The molecule has 1 amide bonds. The van der Waals surface area contributed by atoms with E-state index in [0.29, 0.717) is 11.4 Å². The monoisotopic (exact) mass is 371 g/mol. The summed E-state index contributed by atoms with van der Waals surface area (Å²) in [4.78, 5) is 37.2. The SMILES string of the molecule is COc1cccc(-c2cc(C(=O)N3C[C@@]4(C(=O)O)C[C@@]4(C(=O)O)C3)[nH]n2)c1. The number of carbonyl (C=O) groups is 3. The van der Waals surface area contributed by atoms with Crippen molar-refractivity contribution in [1.29, 1.82) is 0 Å². The van der Waals surface area contributed by atoms with E-state index in [9.17, 15) is 24.6 Å². The lowest BCUT2D eigenvalue weighted by atomic mass is 9.97. The number of carboxylic acid groups (broad SMARTS) is 2. The van der Waals surface area contributed by atoms with Crippen molar-refractivity contribution in [1.82, 2.24) is 15.1 Å². The maximum absolute atomic E-state index is 12.8. The molecular weight excluding hydrogens is 354 g/mol. The van der Waals surface area contributed by atoms with Gasteiger partial charge in [-0.1, -0.05) is 12.1 Å². The van der Waals surface area contributed by atoms with Crippen LogP contribution in [0.15, 0.2) is 30.3 Å². The number of rotatable bonds is 5. The second-order valence-electron chi connectivity index (χ2n) is 7.01. The molecule has 9 heteroatoms. The Bertz CT molecular complexity index is 942. The quantitative estimate of drug-likeness (QED) is 0.716. The molecule has 1 saturated heterocycles. The average Bonchev–Trinajstić information content (AvgIpc) is 3.00. The van der Waals surface area contributed by atoms with Gasteiger partial charge in [0.25, 0.3) is 5.91 Å². The fourth-order valence-corrected chi connectivity index (χ4v) is 3.96. The van der Waals surface area contributed by atoms with E-state index >= 15 is 0 Å². The van der Waals surface area contributed by atoms with E-state index in [0.717, 1.165) is 5.56 Å². The molecule has 1 saturated carbocycles. The molecule has 4 rings (SSSR count). The number of carboxylic acids is 2. The normalized spacial score (nSPS) is 25.7. The molecule has 27 heavy (non-hydrogen) atoms. The van der Waals surface area contributed by atoms with Gasteiger partial charge in [0.1, 0.15) is 22.3 Å². The van der Waals surface area contributed by atoms with E-state index in [1.165, 1.54) is 4.90 Å². The summed E-state index contributed by atoms with van der Waals surface area (Å²) in [5.74, 6) is -2.18. The van der Waals surface area contributed by atoms with E-state index < -0.39 is 28.7 Å². The molecule has 140 valence electrons. The van der Waals surface area contributed by atoms with Gasteiger partial charge in [0.05, 0.1) is 12.8 Å². The van der Waals surface area contributed by atoms with Gasteiger partial charge in [-0.15, -0.1) is 0 Å². The number of benzene rings is 1. The van der Waals surface area contributed by atoms with Crippen molar-refractivity contribution in [2.75, 3.05) is 20.2 Å². The molecule has 2 aromatic rings. The number of nitrogens with zero attached hydrogens (tertiary/aromatic N) is 2. The van der Waals surface area contributed by atoms with E-state index in [-0.39, 0.29) is 25.2 Å². The number of ether oxygens (including phenoxy) is 1. The molecule has 2 aliphatic rings. The molecule has 0 unspecified atom stereocenters. The van der Waals surface area contributed by atoms with Crippen LogP contribution in [-0.4, -0.2) is 63.4 Å². The van der Waals surface area contributed by atoms with Gasteiger partial charge < -0.3 is 19.8 Å². The van der Waals surface area contributed by atoms with Crippen LogP contribution in [0.2, 0.25) is 0 Å². The highest BCUT2D eigenvalue weighted by Crippen LogP contribution is 2.68. The molecule has 2 heterocycles.